The number of hydrogen-bond acceptors (Lipinski definition) is 3. The standard InChI is InChI=1S/C18H16ClNO3/c1-23-17(21)10-13-11-20(16-8-3-2-7-15(13)16)18(22)12-5-4-6-14(19)9-12/h2-9,13H,10-11H2,1H3. The molecule has 0 aliphatic carbocycles. The Kier molecular flexibility index (Phi) is 4.35. The van der Waals surface area contributed by atoms with Crippen LogP contribution in [0.25, 0.3) is 0 Å². The fourth-order valence-electron chi connectivity index (χ4n) is 2.92. The number of halogens is 1. The molecule has 1 aliphatic rings. The van der Waals surface area contributed by atoms with Crippen LogP contribution in [0.4, 0.5) is 5.69 Å². The lowest BCUT2D eigenvalue weighted by atomic mass is 9.98. The highest BCUT2D eigenvalue weighted by molar-refractivity contribution is 6.31. The zero-order valence-corrected chi connectivity index (χ0v) is 13.4. The molecule has 1 atom stereocenters. The van der Waals surface area contributed by atoms with Crippen molar-refractivity contribution in [1.29, 1.82) is 0 Å². The Labute approximate surface area is 139 Å². The number of esters is 1. The van der Waals surface area contributed by atoms with Gasteiger partial charge in [-0.2, -0.15) is 0 Å². The minimum atomic E-state index is -0.276. The average Bonchev–Trinajstić information content (AvgIpc) is 2.93. The third-order valence-electron chi connectivity index (χ3n) is 4.03. The molecule has 5 heteroatoms. The summed E-state index contributed by atoms with van der Waals surface area (Å²) in [5, 5.41) is 0.523. The Morgan fingerprint density at radius 3 is 2.74 bits per heavy atom. The van der Waals surface area contributed by atoms with Gasteiger partial charge in [0.1, 0.15) is 0 Å². The molecular weight excluding hydrogens is 314 g/mol. The van der Waals surface area contributed by atoms with Crippen molar-refractivity contribution in [3.05, 3.63) is 64.7 Å². The molecule has 1 aliphatic heterocycles. The number of ether oxygens (including phenoxy) is 1. The third-order valence-corrected chi connectivity index (χ3v) is 4.26. The largest absolute Gasteiger partial charge is 0.469 e. The summed E-state index contributed by atoms with van der Waals surface area (Å²) in [6.45, 7) is 0.458. The van der Waals surface area contributed by atoms with Crippen molar-refractivity contribution in [2.75, 3.05) is 18.6 Å². The Balaban J connectivity index is 1.92. The number of para-hydroxylation sites is 1. The molecule has 2 aromatic carbocycles. The van der Waals surface area contributed by atoms with Gasteiger partial charge in [0.2, 0.25) is 0 Å². The van der Waals surface area contributed by atoms with Gasteiger partial charge in [-0.05, 0) is 29.8 Å². The lowest BCUT2D eigenvalue weighted by molar-refractivity contribution is -0.141. The molecule has 0 N–H and O–H groups in total. The van der Waals surface area contributed by atoms with Crippen LogP contribution in [0.2, 0.25) is 5.02 Å². The first-order valence-corrected chi connectivity index (χ1v) is 7.71. The van der Waals surface area contributed by atoms with Gasteiger partial charge in [0, 0.05) is 28.7 Å². The summed E-state index contributed by atoms with van der Waals surface area (Å²) >= 11 is 5.98. The number of rotatable bonds is 3. The van der Waals surface area contributed by atoms with Gasteiger partial charge in [-0.25, -0.2) is 0 Å². The molecule has 1 unspecified atom stereocenters. The van der Waals surface area contributed by atoms with Crippen molar-refractivity contribution >= 4 is 29.2 Å². The van der Waals surface area contributed by atoms with Crippen molar-refractivity contribution in [3.63, 3.8) is 0 Å². The van der Waals surface area contributed by atoms with Crippen LogP contribution in [0.5, 0.6) is 0 Å². The molecular formula is C18H16ClNO3. The molecule has 0 saturated heterocycles. The molecule has 1 heterocycles. The molecule has 0 saturated carbocycles. The van der Waals surface area contributed by atoms with Gasteiger partial charge in [0.25, 0.3) is 5.91 Å². The number of carbonyl (C=O) groups is 2. The van der Waals surface area contributed by atoms with Crippen LogP contribution in [-0.4, -0.2) is 25.5 Å². The molecule has 3 rings (SSSR count). The van der Waals surface area contributed by atoms with E-state index in [4.69, 9.17) is 16.3 Å². The number of nitrogens with zero attached hydrogens (tertiary/aromatic N) is 1. The van der Waals surface area contributed by atoms with Gasteiger partial charge >= 0.3 is 5.97 Å². The molecule has 2 aromatic rings. The maximum absolute atomic E-state index is 12.8. The Morgan fingerprint density at radius 1 is 1.22 bits per heavy atom. The fraction of sp³-hybridized carbons (Fsp3) is 0.222. The maximum atomic E-state index is 12.8. The van der Waals surface area contributed by atoms with E-state index in [9.17, 15) is 9.59 Å². The zero-order valence-electron chi connectivity index (χ0n) is 12.7. The molecule has 4 nitrogen and oxygen atoms in total. The van der Waals surface area contributed by atoms with Crippen LogP contribution in [0.1, 0.15) is 28.3 Å². The summed E-state index contributed by atoms with van der Waals surface area (Å²) in [6, 6.07) is 14.5. The third kappa shape index (κ3) is 3.08. The lowest BCUT2D eigenvalue weighted by Crippen LogP contribution is -2.30. The average molecular weight is 330 g/mol. The van der Waals surface area contributed by atoms with E-state index < -0.39 is 0 Å². The Morgan fingerprint density at radius 2 is 2.00 bits per heavy atom. The van der Waals surface area contributed by atoms with Crippen molar-refractivity contribution in [2.24, 2.45) is 0 Å². The van der Waals surface area contributed by atoms with E-state index in [1.807, 2.05) is 24.3 Å². The van der Waals surface area contributed by atoms with Crippen LogP contribution in [0, 0.1) is 0 Å². The van der Waals surface area contributed by atoms with E-state index in [-0.39, 0.29) is 24.2 Å². The van der Waals surface area contributed by atoms with Crippen molar-refractivity contribution < 1.29 is 14.3 Å². The van der Waals surface area contributed by atoms with E-state index in [0.29, 0.717) is 17.1 Å². The second-order valence-corrected chi connectivity index (χ2v) is 5.90. The molecule has 0 aromatic heterocycles. The highest BCUT2D eigenvalue weighted by Crippen LogP contribution is 2.38. The predicted molar refractivity (Wildman–Crippen MR) is 88.9 cm³/mol. The minimum Gasteiger partial charge on any atom is -0.469 e. The first-order chi connectivity index (χ1) is 11.1. The summed E-state index contributed by atoms with van der Waals surface area (Å²) in [5.41, 5.74) is 2.37. The van der Waals surface area contributed by atoms with E-state index in [1.165, 1.54) is 7.11 Å². The number of methoxy groups -OCH3 is 1. The minimum absolute atomic E-state index is 0.0539. The SMILES string of the molecule is COC(=O)CC1CN(C(=O)c2cccc(Cl)c2)c2ccccc21. The molecule has 23 heavy (non-hydrogen) atoms. The summed E-state index contributed by atoms with van der Waals surface area (Å²) in [6.07, 6.45) is 0.257. The van der Waals surface area contributed by atoms with Crippen LogP contribution >= 0.6 is 11.6 Å². The van der Waals surface area contributed by atoms with Crippen LogP contribution < -0.4 is 4.90 Å². The highest BCUT2D eigenvalue weighted by atomic mass is 35.5. The normalized spacial score (nSPS) is 16.1. The number of hydrogen-bond donors (Lipinski definition) is 0. The number of amides is 1. The van der Waals surface area contributed by atoms with E-state index in [2.05, 4.69) is 0 Å². The molecule has 0 bridgehead atoms. The van der Waals surface area contributed by atoms with E-state index >= 15 is 0 Å². The number of anilines is 1. The van der Waals surface area contributed by atoms with E-state index in [0.717, 1.165) is 11.3 Å². The molecule has 1 amide bonds. The molecule has 0 fully saturated rings. The highest BCUT2D eigenvalue weighted by Gasteiger charge is 2.33. The summed E-state index contributed by atoms with van der Waals surface area (Å²) < 4.78 is 4.76. The maximum Gasteiger partial charge on any atom is 0.306 e. The van der Waals surface area contributed by atoms with Crippen LogP contribution in [-0.2, 0) is 9.53 Å². The van der Waals surface area contributed by atoms with Gasteiger partial charge in [-0.1, -0.05) is 35.9 Å². The molecule has 118 valence electrons. The van der Waals surface area contributed by atoms with Gasteiger partial charge in [0.05, 0.1) is 13.5 Å². The summed E-state index contributed by atoms with van der Waals surface area (Å²) in [5.74, 6) is -0.448. The van der Waals surface area contributed by atoms with Crippen molar-refractivity contribution in [1.82, 2.24) is 0 Å². The Bertz CT molecular complexity index is 759. The number of fused-ring (bicyclic) bond motifs is 1. The lowest BCUT2D eigenvalue weighted by Gasteiger charge is -2.18. The second-order valence-electron chi connectivity index (χ2n) is 5.46. The van der Waals surface area contributed by atoms with Crippen LogP contribution in [0.15, 0.2) is 48.5 Å². The zero-order chi connectivity index (χ0) is 16.4. The fourth-order valence-corrected chi connectivity index (χ4v) is 3.11. The van der Waals surface area contributed by atoms with Crippen LogP contribution in [0.3, 0.4) is 0 Å². The first-order valence-electron chi connectivity index (χ1n) is 7.33. The predicted octanol–water partition coefficient (Wildman–Crippen LogP) is 3.65. The second kappa shape index (κ2) is 6.42. The van der Waals surface area contributed by atoms with Gasteiger partial charge in [-0.3, -0.25) is 9.59 Å². The molecule has 0 radical (unpaired) electrons. The topological polar surface area (TPSA) is 46.6 Å². The van der Waals surface area contributed by atoms with Gasteiger partial charge in [0.15, 0.2) is 0 Å². The molecule has 0 spiro atoms. The summed E-state index contributed by atoms with van der Waals surface area (Å²) in [7, 11) is 1.37. The van der Waals surface area contributed by atoms with Crippen molar-refractivity contribution in [3.8, 4) is 0 Å². The van der Waals surface area contributed by atoms with E-state index in [1.54, 1.807) is 29.2 Å². The smallest absolute Gasteiger partial charge is 0.306 e. The Hall–Kier alpha value is -2.33. The monoisotopic (exact) mass is 329 g/mol. The quantitative estimate of drug-likeness (QED) is 0.808. The summed E-state index contributed by atoms with van der Waals surface area (Å²) in [4.78, 5) is 26.1. The number of carbonyl (C=O) groups excluding carboxylic acids is 2. The van der Waals surface area contributed by atoms with Gasteiger partial charge < -0.3 is 9.64 Å². The number of benzene rings is 2. The van der Waals surface area contributed by atoms with Crippen molar-refractivity contribution in [2.45, 2.75) is 12.3 Å². The first kappa shape index (κ1) is 15.6. The van der Waals surface area contributed by atoms with Gasteiger partial charge in [-0.15, -0.1) is 0 Å².